The molecule has 0 fully saturated rings. The lowest BCUT2D eigenvalue weighted by Gasteiger charge is -2.00. The molecule has 4 nitrogen and oxygen atoms in total. The number of aromatic nitrogens is 3. The van der Waals surface area contributed by atoms with Gasteiger partial charge in [-0.1, -0.05) is 30.3 Å². The molecule has 0 bridgehead atoms. The second-order valence-corrected chi connectivity index (χ2v) is 5.25. The minimum atomic E-state index is 0.00700. The number of hydrogen-bond donors (Lipinski definition) is 1. The molecule has 2 heterocycles. The average molecular weight is 299 g/mol. The van der Waals surface area contributed by atoms with Crippen LogP contribution in [0.2, 0.25) is 0 Å². The summed E-state index contributed by atoms with van der Waals surface area (Å²) in [4.78, 5) is 24.4. The van der Waals surface area contributed by atoms with E-state index in [1.807, 2.05) is 60.7 Å². The first-order chi connectivity index (χ1) is 11.3. The van der Waals surface area contributed by atoms with E-state index >= 15 is 0 Å². The molecule has 0 radical (unpaired) electrons. The summed E-state index contributed by atoms with van der Waals surface area (Å²) < 4.78 is 0. The Bertz CT molecular complexity index is 975. The Kier molecular flexibility index (Phi) is 3.20. The second-order valence-electron chi connectivity index (χ2n) is 5.25. The number of carbonyl (C=O) groups excluding carboxylic acids is 1. The lowest BCUT2D eigenvalue weighted by molar-refractivity contribution is 0.103. The molecule has 0 aliphatic carbocycles. The van der Waals surface area contributed by atoms with Crippen LogP contribution in [-0.2, 0) is 0 Å². The molecule has 0 saturated carbocycles. The Balaban J connectivity index is 1.75. The van der Waals surface area contributed by atoms with Crippen LogP contribution in [0.4, 0.5) is 0 Å². The van der Waals surface area contributed by atoms with Gasteiger partial charge in [-0.3, -0.25) is 9.78 Å². The normalized spacial score (nSPS) is 10.8. The first-order valence-electron chi connectivity index (χ1n) is 7.31. The number of nitrogens with zero attached hydrogens (tertiary/aromatic N) is 2. The molecule has 0 aliphatic rings. The van der Waals surface area contributed by atoms with E-state index in [-0.39, 0.29) is 5.78 Å². The predicted molar refractivity (Wildman–Crippen MR) is 89.2 cm³/mol. The summed E-state index contributed by atoms with van der Waals surface area (Å²) in [5.74, 6) is 0.777. The molecule has 0 unspecified atom stereocenters. The minimum absolute atomic E-state index is 0.00700. The lowest BCUT2D eigenvalue weighted by atomic mass is 10.0. The van der Waals surface area contributed by atoms with Crippen LogP contribution in [0.3, 0.4) is 0 Å². The van der Waals surface area contributed by atoms with Crippen LogP contribution in [0, 0.1) is 0 Å². The maximum Gasteiger partial charge on any atom is 0.193 e. The first kappa shape index (κ1) is 13.4. The molecular weight excluding hydrogens is 286 g/mol. The van der Waals surface area contributed by atoms with Crippen LogP contribution >= 0.6 is 0 Å². The zero-order valence-corrected chi connectivity index (χ0v) is 12.2. The van der Waals surface area contributed by atoms with Crippen LogP contribution in [0.25, 0.3) is 22.4 Å². The lowest BCUT2D eigenvalue weighted by Crippen LogP contribution is -2.00. The van der Waals surface area contributed by atoms with E-state index in [0.717, 1.165) is 22.4 Å². The van der Waals surface area contributed by atoms with Crippen molar-refractivity contribution in [1.29, 1.82) is 0 Å². The fourth-order valence-electron chi connectivity index (χ4n) is 2.55. The van der Waals surface area contributed by atoms with E-state index in [0.29, 0.717) is 11.1 Å². The number of ketones is 1. The molecule has 1 N–H and O–H groups in total. The molecule has 0 atom stereocenters. The third kappa shape index (κ3) is 2.51. The van der Waals surface area contributed by atoms with Crippen molar-refractivity contribution in [3.05, 3.63) is 84.2 Å². The van der Waals surface area contributed by atoms with E-state index in [1.165, 1.54) is 0 Å². The van der Waals surface area contributed by atoms with Crippen molar-refractivity contribution in [3.63, 3.8) is 0 Å². The van der Waals surface area contributed by atoms with Gasteiger partial charge in [-0.25, -0.2) is 4.98 Å². The quantitative estimate of drug-likeness (QED) is 0.584. The Labute approximate surface area is 132 Å². The summed E-state index contributed by atoms with van der Waals surface area (Å²) in [6, 6.07) is 18.6. The molecule has 110 valence electrons. The zero-order valence-electron chi connectivity index (χ0n) is 12.2. The minimum Gasteiger partial charge on any atom is -0.338 e. The molecule has 0 aliphatic heterocycles. The van der Waals surface area contributed by atoms with E-state index < -0.39 is 0 Å². The molecule has 0 spiro atoms. The fourth-order valence-corrected chi connectivity index (χ4v) is 2.55. The molecule has 0 saturated heterocycles. The van der Waals surface area contributed by atoms with E-state index in [4.69, 9.17) is 0 Å². The van der Waals surface area contributed by atoms with Gasteiger partial charge in [0.15, 0.2) is 5.78 Å². The summed E-state index contributed by atoms with van der Waals surface area (Å²) in [6.45, 7) is 0. The highest BCUT2D eigenvalue weighted by molar-refractivity contribution is 6.10. The Hall–Kier alpha value is -3.27. The van der Waals surface area contributed by atoms with Crippen molar-refractivity contribution in [1.82, 2.24) is 15.0 Å². The average Bonchev–Trinajstić information content (AvgIpc) is 3.06. The molecule has 0 amide bonds. The number of imidazole rings is 1. The van der Waals surface area contributed by atoms with E-state index in [9.17, 15) is 4.79 Å². The number of H-pyrrole nitrogens is 1. The Morgan fingerprint density at radius 3 is 2.43 bits per heavy atom. The SMILES string of the molecule is O=C(c1ccccc1)c1ccc2nc(-c3ccncc3)[nH]c2c1. The van der Waals surface area contributed by atoms with Gasteiger partial charge in [0, 0.05) is 29.1 Å². The van der Waals surface area contributed by atoms with Gasteiger partial charge in [0.25, 0.3) is 0 Å². The van der Waals surface area contributed by atoms with Crippen molar-refractivity contribution < 1.29 is 4.79 Å². The molecule has 23 heavy (non-hydrogen) atoms. The monoisotopic (exact) mass is 299 g/mol. The third-order valence-electron chi connectivity index (χ3n) is 3.73. The highest BCUT2D eigenvalue weighted by Gasteiger charge is 2.11. The van der Waals surface area contributed by atoms with Crippen molar-refractivity contribution >= 4 is 16.8 Å². The number of benzene rings is 2. The number of hydrogen-bond acceptors (Lipinski definition) is 3. The number of fused-ring (bicyclic) bond motifs is 1. The molecular formula is C19H13N3O. The zero-order chi connectivity index (χ0) is 15.6. The van der Waals surface area contributed by atoms with Crippen LogP contribution < -0.4 is 0 Å². The highest BCUT2D eigenvalue weighted by atomic mass is 16.1. The van der Waals surface area contributed by atoms with Crippen LogP contribution in [-0.4, -0.2) is 20.7 Å². The van der Waals surface area contributed by atoms with Crippen LogP contribution in [0.15, 0.2) is 73.1 Å². The fraction of sp³-hybridized carbons (Fsp3) is 0. The van der Waals surface area contributed by atoms with Gasteiger partial charge in [0.05, 0.1) is 11.0 Å². The summed E-state index contributed by atoms with van der Waals surface area (Å²) >= 11 is 0. The predicted octanol–water partition coefficient (Wildman–Crippen LogP) is 3.86. The smallest absolute Gasteiger partial charge is 0.193 e. The standard InChI is InChI=1S/C19H13N3O/c23-18(13-4-2-1-3-5-13)15-6-7-16-17(12-15)22-19(21-16)14-8-10-20-11-9-14/h1-12H,(H,21,22). The molecule has 4 rings (SSSR count). The van der Waals surface area contributed by atoms with Gasteiger partial charge in [0.2, 0.25) is 0 Å². The van der Waals surface area contributed by atoms with E-state index in [2.05, 4.69) is 15.0 Å². The summed E-state index contributed by atoms with van der Waals surface area (Å²) in [5, 5.41) is 0. The van der Waals surface area contributed by atoms with Gasteiger partial charge in [-0.05, 0) is 30.3 Å². The van der Waals surface area contributed by atoms with Crippen molar-refractivity contribution in [2.75, 3.05) is 0 Å². The molecule has 2 aromatic heterocycles. The third-order valence-corrected chi connectivity index (χ3v) is 3.73. The second kappa shape index (κ2) is 5.50. The van der Waals surface area contributed by atoms with Gasteiger partial charge >= 0.3 is 0 Å². The maximum atomic E-state index is 12.5. The summed E-state index contributed by atoms with van der Waals surface area (Å²) in [6.07, 6.45) is 3.46. The van der Waals surface area contributed by atoms with Crippen LogP contribution in [0.5, 0.6) is 0 Å². The summed E-state index contributed by atoms with van der Waals surface area (Å²) in [5.41, 5.74) is 3.97. The van der Waals surface area contributed by atoms with Gasteiger partial charge < -0.3 is 4.98 Å². The number of carbonyl (C=O) groups is 1. The van der Waals surface area contributed by atoms with Crippen molar-refractivity contribution in [3.8, 4) is 11.4 Å². The molecule has 4 heteroatoms. The molecule has 4 aromatic rings. The Morgan fingerprint density at radius 1 is 0.870 bits per heavy atom. The van der Waals surface area contributed by atoms with Crippen molar-refractivity contribution in [2.24, 2.45) is 0 Å². The van der Waals surface area contributed by atoms with Gasteiger partial charge in [-0.2, -0.15) is 0 Å². The summed E-state index contributed by atoms with van der Waals surface area (Å²) in [7, 11) is 0. The topological polar surface area (TPSA) is 58.6 Å². The number of nitrogens with one attached hydrogen (secondary N) is 1. The van der Waals surface area contributed by atoms with Gasteiger partial charge in [0.1, 0.15) is 5.82 Å². The van der Waals surface area contributed by atoms with Gasteiger partial charge in [-0.15, -0.1) is 0 Å². The largest absolute Gasteiger partial charge is 0.338 e. The van der Waals surface area contributed by atoms with Crippen LogP contribution in [0.1, 0.15) is 15.9 Å². The number of rotatable bonds is 3. The molecule has 2 aromatic carbocycles. The van der Waals surface area contributed by atoms with Crippen molar-refractivity contribution in [2.45, 2.75) is 0 Å². The maximum absolute atomic E-state index is 12.5. The highest BCUT2D eigenvalue weighted by Crippen LogP contribution is 2.21. The first-order valence-corrected chi connectivity index (χ1v) is 7.31. The number of aromatic amines is 1. The Morgan fingerprint density at radius 2 is 1.65 bits per heavy atom. The number of pyridine rings is 1. The van der Waals surface area contributed by atoms with E-state index in [1.54, 1.807) is 12.4 Å².